The Hall–Kier alpha value is -3.43. The summed E-state index contributed by atoms with van der Waals surface area (Å²) < 4.78 is 28.2. The molecule has 0 aliphatic rings. The van der Waals surface area contributed by atoms with Crippen molar-refractivity contribution in [3.8, 4) is 0 Å². The molecule has 1 unspecified atom stereocenters. The van der Waals surface area contributed by atoms with Gasteiger partial charge in [0, 0.05) is 25.6 Å². The van der Waals surface area contributed by atoms with Gasteiger partial charge in [-0.25, -0.2) is 8.42 Å². The molecule has 1 atom stereocenters. The minimum absolute atomic E-state index is 0.00858. The number of benzene rings is 4. The summed E-state index contributed by atoms with van der Waals surface area (Å²) in [7, 11) is -2.67. The molecule has 4 rings (SSSR count). The van der Waals surface area contributed by atoms with Crippen LogP contribution in [0.2, 0.25) is 10.0 Å². The highest BCUT2D eigenvalue weighted by molar-refractivity contribution is 7.89. The summed E-state index contributed by atoms with van der Waals surface area (Å²) in [5.41, 5.74) is 0.922. The maximum absolute atomic E-state index is 14.1. The van der Waals surface area contributed by atoms with Gasteiger partial charge >= 0.3 is 0 Å². The summed E-state index contributed by atoms with van der Waals surface area (Å²) >= 11 is 12.4. The molecule has 0 heterocycles. The van der Waals surface area contributed by atoms with E-state index < -0.39 is 34.1 Å². The molecule has 4 aromatic carbocycles. The van der Waals surface area contributed by atoms with Crippen molar-refractivity contribution in [2.75, 3.05) is 13.6 Å². The molecule has 0 aliphatic carbocycles. The van der Waals surface area contributed by atoms with E-state index in [0.29, 0.717) is 15.6 Å². The normalized spacial score (nSPS) is 12.7. The van der Waals surface area contributed by atoms with Crippen molar-refractivity contribution in [1.82, 2.24) is 14.5 Å². The largest absolute Gasteiger partial charge is 0.350 e. The molecule has 0 saturated carbocycles. The van der Waals surface area contributed by atoms with Gasteiger partial charge in [-0.05, 0) is 66.9 Å². The fraction of sp³-hybridized carbons (Fsp3) is 0.273. The van der Waals surface area contributed by atoms with Crippen LogP contribution in [0.25, 0.3) is 10.8 Å². The second kappa shape index (κ2) is 13.5. The monoisotopic (exact) mass is 639 g/mol. The lowest BCUT2D eigenvalue weighted by Gasteiger charge is -2.34. The van der Waals surface area contributed by atoms with Crippen molar-refractivity contribution in [2.45, 2.75) is 50.2 Å². The number of likely N-dealkylation sites (N-methyl/N-ethyl adjacent to an activating group) is 1. The van der Waals surface area contributed by atoms with Crippen LogP contribution in [0.1, 0.15) is 31.9 Å². The quantitative estimate of drug-likeness (QED) is 0.220. The Labute approximate surface area is 263 Å². The standard InChI is InChI=1S/C33H35Cl2N3O4S/c1-33(2,3)36-32(40)30(19-23-10-6-5-7-11-23)38(21-24-14-17-28(34)29(35)18-24)31(39)22-37(4)43(41,42)27-16-15-25-12-8-9-13-26(25)20-27/h5-18,20,30H,19,21-22H2,1-4H3,(H,36,40). The zero-order valence-corrected chi connectivity index (χ0v) is 26.9. The number of carbonyl (C=O) groups excluding carboxylic acids is 2. The van der Waals surface area contributed by atoms with Gasteiger partial charge in [-0.3, -0.25) is 9.59 Å². The van der Waals surface area contributed by atoms with Crippen LogP contribution in [-0.2, 0) is 32.6 Å². The lowest BCUT2D eigenvalue weighted by molar-refractivity contribution is -0.141. The highest BCUT2D eigenvalue weighted by Crippen LogP contribution is 2.25. The Morgan fingerprint density at radius 1 is 0.814 bits per heavy atom. The van der Waals surface area contributed by atoms with Crippen molar-refractivity contribution >= 4 is 55.8 Å². The van der Waals surface area contributed by atoms with Gasteiger partial charge < -0.3 is 10.2 Å². The summed E-state index contributed by atoms with van der Waals surface area (Å²) in [5, 5.41) is 5.33. The Bertz CT molecular complexity index is 1720. The number of carbonyl (C=O) groups is 2. The van der Waals surface area contributed by atoms with E-state index in [1.807, 2.05) is 75.4 Å². The summed E-state index contributed by atoms with van der Waals surface area (Å²) in [5.74, 6) is -0.896. The molecule has 0 aliphatic heterocycles. The highest BCUT2D eigenvalue weighted by atomic mass is 35.5. The summed E-state index contributed by atoms with van der Waals surface area (Å²) in [6, 6.07) is 25.7. The molecule has 0 saturated heterocycles. The molecule has 0 bridgehead atoms. The topological polar surface area (TPSA) is 86.8 Å². The first-order valence-electron chi connectivity index (χ1n) is 13.8. The molecular formula is C33H35Cl2N3O4S. The van der Waals surface area contributed by atoms with Gasteiger partial charge in [0.25, 0.3) is 0 Å². The summed E-state index contributed by atoms with van der Waals surface area (Å²) in [6.45, 7) is 5.11. The fourth-order valence-corrected chi connectivity index (χ4v) is 6.19. The second-order valence-electron chi connectivity index (χ2n) is 11.5. The maximum Gasteiger partial charge on any atom is 0.243 e. The maximum atomic E-state index is 14.1. The highest BCUT2D eigenvalue weighted by Gasteiger charge is 2.34. The van der Waals surface area contributed by atoms with Crippen LogP contribution in [0.15, 0.2) is 95.9 Å². The van der Waals surface area contributed by atoms with Crippen LogP contribution in [0.5, 0.6) is 0 Å². The molecule has 7 nitrogen and oxygen atoms in total. The third-order valence-corrected chi connectivity index (χ3v) is 9.43. The summed E-state index contributed by atoms with van der Waals surface area (Å²) in [6.07, 6.45) is 0.219. The first kappa shape index (κ1) is 32.5. The van der Waals surface area contributed by atoms with Crippen molar-refractivity contribution in [3.63, 3.8) is 0 Å². The van der Waals surface area contributed by atoms with Crippen LogP contribution >= 0.6 is 23.2 Å². The Balaban J connectivity index is 1.70. The summed E-state index contributed by atoms with van der Waals surface area (Å²) in [4.78, 5) is 29.3. The average molecular weight is 641 g/mol. The van der Waals surface area contributed by atoms with Gasteiger partial charge in [-0.1, -0.05) is 89.9 Å². The Morgan fingerprint density at radius 3 is 2.12 bits per heavy atom. The van der Waals surface area contributed by atoms with E-state index in [1.54, 1.807) is 30.3 Å². The number of hydrogen-bond acceptors (Lipinski definition) is 4. The van der Waals surface area contributed by atoms with Gasteiger partial charge in [0.05, 0.1) is 21.5 Å². The smallest absolute Gasteiger partial charge is 0.243 e. The number of hydrogen-bond donors (Lipinski definition) is 1. The number of fused-ring (bicyclic) bond motifs is 1. The first-order valence-corrected chi connectivity index (χ1v) is 16.0. The van der Waals surface area contributed by atoms with E-state index in [2.05, 4.69) is 5.32 Å². The lowest BCUT2D eigenvalue weighted by atomic mass is 10.0. The zero-order valence-electron chi connectivity index (χ0n) is 24.6. The van der Waals surface area contributed by atoms with Gasteiger partial charge in [-0.2, -0.15) is 4.31 Å². The zero-order chi connectivity index (χ0) is 31.4. The molecule has 226 valence electrons. The van der Waals surface area contributed by atoms with Crippen molar-refractivity contribution < 1.29 is 18.0 Å². The minimum Gasteiger partial charge on any atom is -0.350 e. The van der Waals surface area contributed by atoms with Gasteiger partial charge in [-0.15, -0.1) is 0 Å². The number of amides is 2. The van der Waals surface area contributed by atoms with Crippen molar-refractivity contribution in [1.29, 1.82) is 0 Å². The molecule has 10 heteroatoms. The lowest BCUT2D eigenvalue weighted by Crippen LogP contribution is -2.56. The number of nitrogens with zero attached hydrogens (tertiary/aromatic N) is 2. The SMILES string of the molecule is CN(CC(=O)N(Cc1ccc(Cl)c(Cl)c1)C(Cc1ccccc1)C(=O)NC(C)(C)C)S(=O)(=O)c1ccc2ccccc2c1. The Kier molecular flexibility index (Phi) is 10.2. The molecular weight excluding hydrogens is 605 g/mol. The van der Waals surface area contributed by atoms with E-state index in [0.717, 1.165) is 20.6 Å². The van der Waals surface area contributed by atoms with E-state index in [-0.39, 0.29) is 23.8 Å². The average Bonchev–Trinajstić information content (AvgIpc) is 2.96. The molecule has 43 heavy (non-hydrogen) atoms. The number of nitrogens with one attached hydrogen (secondary N) is 1. The van der Waals surface area contributed by atoms with E-state index >= 15 is 0 Å². The minimum atomic E-state index is -4.03. The predicted molar refractivity (Wildman–Crippen MR) is 173 cm³/mol. The van der Waals surface area contributed by atoms with E-state index in [4.69, 9.17) is 23.2 Å². The fourth-order valence-electron chi connectivity index (χ4n) is 4.72. The van der Waals surface area contributed by atoms with Crippen molar-refractivity contribution in [3.05, 3.63) is 112 Å². The van der Waals surface area contributed by atoms with Crippen LogP contribution < -0.4 is 5.32 Å². The van der Waals surface area contributed by atoms with Gasteiger partial charge in [0.2, 0.25) is 21.8 Å². The van der Waals surface area contributed by atoms with E-state index in [1.165, 1.54) is 18.0 Å². The number of halogens is 2. The molecule has 4 aromatic rings. The number of rotatable bonds is 10. The molecule has 2 amide bonds. The van der Waals surface area contributed by atoms with Crippen molar-refractivity contribution in [2.24, 2.45) is 0 Å². The molecule has 1 N–H and O–H groups in total. The third-order valence-electron chi connectivity index (χ3n) is 6.89. The number of sulfonamides is 1. The van der Waals surface area contributed by atoms with Crippen LogP contribution in [0.3, 0.4) is 0 Å². The molecule has 0 radical (unpaired) electrons. The van der Waals surface area contributed by atoms with E-state index in [9.17, 15) is 18.0 Å². The van der Waals surface area contributed by atoms with Gasteiger partial charge in [0.15, 0.2) is 0 Å². The molecule has 0 fully saturated rings. The molecule has 0 spiro atoms. The van der Waals surface area contributed by atoms with Crippen LogP contribution in [-0.4, -0.2) is 54.6 Å². The first-order chi connectivity index (χ1) is 20.2. The van der Waals surface area contributed by atoms with Crippen LogP contribution in [0, 0.1) is 0 Å². The van der Waals surface area contributed by atoms with Crippen LogP contribution in [0.4, 0.5) is 0 Å². The predicted octanol–water partition coefficient (Wildman–Crippen LogP) is 6.32. The Morgan fingerprint density at radius 2 is 1.47 bits per heavy atom. The third kappa shape index (κ3) is 8.36. The molecule has 0 aromatic heterocycles. The van der Waals surface area contributed by atoms with Gasteiger partial charge in [0.1, 0.15) is 6.04 Å². The second-order valence-corrected chi connectivity index (χ2v) is 14.3.